The molecule has 3 rings (SSSR count). The van der Waals surface area contributed by atoms with Crippen LogP contribution in [0, 0.1) is 16.0 Å². The average molecular weight is 349 g/mol. The van der Waals surface area contributed by atoms with Gasteiger partial charge in [-0.25, -0.2) is 13.6 Å². The van der Waals surface area contributed by atoms with Crippen LogP contribution in [0.25, 0.3) is 10.8 Å². The molecule has 1 unspecified atom stereocenters. The Morgan fingerprint density at radius 2 is 1.88 bits per heavy atom. The second-order valence-corrected chi connectivity index (χ2v) is 7.47. The van der Waals surface area contributed by atoms with Gasteiger partial charge in [0.1, 0.15) is 0 Å². The van der Waals surface area contributed by atoms with E-state index < -0.39 is 14.9 Å². The van der Waals surface area contributed by atoms with Crippen LogP contribution < -0.4 is 10.0 Å². The second kappa shape index (κ2) is 5.84. The van der Waals surface area contributed by atoms with Gasteiger partial charge in [0.2, 0.25) is 15.9 Å². The molecule has 1 saturated heterocycles. The van der Waals surface area contributed by atoms with E-state index in [1.807, 2.05) is 0 Å². The SMILES string of the molecule is NS(=O)(=O)CC1CC(=O)N(c2ccc([N+](=O)[O-])c3ccccc23)C1. The molecule has 0 aromatic heterocycles. The van der Waals surface area contributed by atoms with Crippen LogP contribution in [0.15, 0.2) is 36.4 Å². The first-order chi connectivity index (χ1) is 11.3. The van der Waals surface area contributed by atoms with Gasteiger partial charge in [0.15, 0.2) is 0 Å². The van der Waals surface area contributed by atoms with Crippen molar-refractivity contribution in [3.63, 3.8) is 0 Å². The van der Waals surface area contributed by atoms with E-state index in [1.54, 1.807) is 24.3 Å². The van der Waals surface area contributed by atoms with Crippen molar-refractivity contribution in [1.29, 1.82) is 0 Å². The lowest BCUT2D eigenvalue weighted by molar-refractivity contribution is -0.383. The van der Waals surface area contributed by atoms with Gasteiger partial charge in [-0.3, -0.25) is 14.9 Å². The predicted molar refractivity (Wildman–Crippen MR) is 89.0 cm³/mol. The summed E-state index contributed by atoms with van der Waals surface area (Å²) in [5, 5.41) is 17.2. The van der Waals surface area contributed by atoms with E-state index >= 15 is 0 Å². The second-order valence-electron chi connectivity index (χ2n) is 5.81. The number of nitro benzene ring substituents is 1. The quantitative estimate of drug-likeness (QED) is 0.660. The summed E-state index contributed by atoms with van der Waals surface area (Å²) in [6, 6.07) is 9.64. The van der Waals surface area contributed by atoms with Crippen LogP contribution in [0.1, 0.15) is 6.42 Å². The van der Waals surface area contributed by atoms with Crippen molar-refractivity contribution in [2.45, 2.75) is 6.42 Å². The number of sulfonamides is 1. The van der Waals surface area contributed by atoms with Gasteiger partial charge in [-0.1, -0.05) is 18.2 Å². The molecule has 0 bridgehead atoms. The lowest BCUT2D eigenvalue weighted by atomic mass is 10.1. The standard InChI is InChI=1S/C15H15N3O5S/c16-24(22,23)9-10-7-15(19)17(8-10)13-5-6-14(18(20)21)12-4-2-1-3-11(12)13/h1-6,10H,7-9H2,(H2,16,22,23). The highest BCUT2D eigenvalue weighted by molar-refractivity contribution is 7.89. The third-order valence-corrected chi connectivity index (χ3v) is 4.97. The van der Waals surface area contributed by atoms with Crippen molar-refractivity contribution < 1.29 is 18.1 Å². The number of carbonyl (C=O) groups is 1. The largest absolute Gasteiger partial charge is 0.311 e. The number of non-ortho nitro benzene ring substituents is 1. The molecule has 1 atom stereocenters. The van der Waals surface area contributed by atoms with Crippen LogP contribution in [0.4, 0.5) is 11.4 Å². The minimum Gasteiger partial charge on any atom is -0.311 e. The molecule has 24 heavy (non-hydrogen) atoms. The highest BCUT2D eigenvalue weighted by atomic mass is 32.2. The molecule has 2 aromatic carbocycles. The number of nitrogens with two attached hydrogens (primary N) is 1. The van der Waals surface area contributed by atoms with Gasteiger partial charge in [0.25, 0.3) is 5.69 Å². The molecule has 0 saturated carbocycles. The zero-order valence-electron chi connectivity index (χ0n) is 12.6. The molecular weight excluding hydrogens is 334 g/mol. The topological polar surface area (TPSA) is 124 Å². The van der Waals surface area contributed by atoms with E-state index in [0.29, 0.717) is 16.5 Å². The molecule has 1 fully saturated rings. The van der Waals surface area contributed by atoms with Crippen LogP contribution in [-0.2, 0) is 14.8 Å². The Labute approximate surface area is 138 Å². The van der Waals surface area contributed by atoms with E-state index in [2.05, 4.69) is 0 Å². The summed E-state index contributed by atoms with van der Waals surface area (Å²) < 4.78 is 22.5. The molecule has 0 aliphatic carbocycles. The molecule has 1 heterocycles. The van der Waals surface area contributed by atoms with Gasteiger partial charge in [-0.05, 0) is 12.1 Å². The summed E-state index contributed by atoms with van der Waals surface area (Å²) in [4.78, 5) is 24.5. The van der Waals surface area contributed by atoms with Crippen molar-refractivity contribution in [2.75, 3.05) is 17.2 Å². The summed E-state index contributed by atoms with van der Waals surface area (Å²) in [5.41, 5.74) is 0.500. The van der Waals surface area contributed by atoms with Crippen LogP contribution in [-0.4, -0.2) is 31.5 Å². The number of primary sulfonamides is 1. The molecule has 0 radical (unpaired) electrons. The Morgan fingerprint density at radius 1 is 1.21 bits per heavy atom. The Kier molecular flexibility index (Phi) is 3.98. The first kappa shape index (κ1) is 16.3. The number of fused-ring (bicyclic) bond motifs is 1. The van der Waals surface area contributed by atoms with E-state index in [-0.39, 0.29) is 36.2 Å². The maximum absolute atomic E-state index is 12.3. The Hall–Kier alpha value is -2.52. The fraction of sp³-hybridized carbons (Fsp3) is 0.267. The first-order valence-electron chi connectivity index (χ1n) is 7.23. The van der Waals surface area contributed by atoms with Crippen molar-refractivity contribution in [3.8, 4) is 0 Å². The van der Waals surface area contributed by atoms with Crippen LogP contribution in [0.5, 0.6) is 0 Å². The number of carbonyl (C=O) groups excluding carboxylic acids is 1. The molecule has 2 aromatic rings. The number of anilines is 1. The fourth-order valence-electron chi connectivity index (χ4n) is 3.12. The molecule has 126 valence electrons. The number of benzene rings is 2. The van der Waals surface area contributed by atoms with E-state index in [1.165, 1.54) is 17.0 Å². The van der Waals surface area contributed by atoms with E-state index in [4.69, 9.17) is 5.14 Å². The average Bonchev–Trinajstić information content (AvgIpc) is 2.84. The molecule has 1 amide bonds. The Morgan fingerprint density at radius 3 is 2.50 bits per heavy atom. The minimum absolute atomic E-state index is 0.0397. The molecule has 8 nitrogen and oxygen atoms in total. The summed E-state index contributed by atoms with van der Waals surface area (Å²) in [6.07, 6.45) is 0.0851. The van der Waals surface area contributed by atoms with Gasteiger partial charge in [0, 0.05) is 30.3 Å². The lowest BCUT2D eigenvalue weighted by Gasteiger charge is -2.19. The zero-order valence-corrected chi connectivity index (χ0v) is 13.4. The van der Waals surface area contributed by atoms with E-state index in [9.17, 15) is 23.3 Å². The Bertz CT molecular complexity index is 941. The van der Waals surface area contributed by atoms with Crippen LogP contribution in [0.2, 0.25) is 0 Å². The molecule has 1 aliphatic heterocycles. The van der Waals surface area contributed by atoms with Gasteiger partial charge >= 0.3 is 0 Å². The van der Waals surface area contributed by atoms with Crippen molar-refractivity contribution in [3.05, 3.63) is 46.5 Å². The summed E-state index contributed by atoms with van der Waals surface area (Å²) in [5.74, 6) is -0.871. The summed E-state index contributed by atoms with van der Waals surface area (Å²) in [7, 11) is -3.67. The van der Waals surface area contributed by atoms with Gasteiger partial charge in [-0.2, -0.15) is 0 Å². The molecule has 2 N–H and O–H groups in total. The highest BCUT2D eigenvalue weighted by Gasteiger charge is 2.34. The number of nitrogens with zero attached hydrogens (tertiary/aromatic N) is 2. The third-order valence-electron chi connectivity index (χ3n) is 4.04. The van der Waals surface area contributed by atoms with Crippen molar-refractivity contribution >= 4 is 38.1 Å². The third kappa shape index (κ3) is 3.08. The fourth-order valence-corrected chi connectivity index (χ4v) is 4.00. The highest BCUT2D eigenvalue weighted by Crippen LogP contribution is 2.36. The predicted octanol–water partition coefficient (Wildman–Crippen LogP) is 1.39. The van der Waals surface area contributed by atoms with Gasteiger partial charge in [-0.15, -0.1) is 0 Å². The van der Waals surface area contributed by atoms with Crippen molar-refractivity contribution in [1.82, 2.24) is 0 Å². The van der Waals surface area contributed by atoms with Crippen LogP contribution in [0.3, 0.4) is 0 Å². The minimum atomic E-state index is -3.67. The maximum Gasteiger partial charge on any atom is 0.277 e. The van der Waals surface area contributed by atoms with Gasteiger partial charge in [0.05, 0.1) is 21.7 Å². The monoisotopic (exact) mass is 349 g/mol. The number of hydrogen-bond donors (Lipinski definition) is 1. The summed E-state index contributed by atoms with van der Waals surface area (Å²) >= 11 is 0. The number of hydrogen-bond acceptors (Lipinski definition) is 5. The van der Waals surface area contributed by atoms with Crippen molar-refractivity contribution in [2.24, 2.45) is 11.1 Å². The Balaban J connectivity index is 2.03. The summed E-state index contributed by atoms with van der Waals surface area (Å²) in [6.45, 7) is 0.219. The smallest absolute Gasteiger partial charge is 0.277 e. The molecule has 1 aliphatic rings. The maximum atomic E-state index is 12.3. The number of amides is 1. The lowest BCUT2D eigenvalue weighted by Crippen LogP contribution is -2.27. The molecule has 9 heteroatoms. The molecular formula is C15H15N3O5S. The van der Waals surface area contributed by atoms with E-state index in [0.717, 1.165) is 0 Å². The van der Waals surface area contributed by atoms with Gasteiger partial charge < -0.3 is 4.90 Å². The normalized spacial score (nSPS) is 18.3. The zero-order chi connectivity index (χ0) is 17.5. The van der Waals surface area contributed by atoms with Crippen LogP contribution >= 0.6 is 0 Å². The first-order valence-corrected chi connectivity index (χ1v) is 8.95. The molecule has 0 spiro atoms. The number of nitro groups is 1. The number of rotatable bonds is 4.